The van der Waals surface area contributed by atoms with Gasteiger partial charge in [-0.05, 0) is 24.3 Å². The lowest BCUT2D eigenvalue weighted by Gasteiger charge is -2.36. The molecular weight excluding hydrogens is 490 g/mol. The molecule has 1 fully saturated rings. The topological polar surface area (TPSA) is 147 Å². The van der Waals surface area contributed by atoms with Crippen LogP contribution in [-0.2, 0) is 4.79 Å². The summed E-state index contributed by atoms with van der Waals surface area (Å²) >= 11 is 0. The summed E-state index contributed by atoms with van der Waals surface area (Å²) in [6.45, 7) is 2.68. The van der Waals surface area contributed by atoms with Crippen molar-refractivity contribution in [3.63, 3.8) is 0 Å². The molecule has 0 unspecified atom stereocenters. The van der Waals surface area contributed by atoms with Gasteiger partial charge in [0.1, 0.15) is 5.69 Å². The normalized spacial score (nSPS) is 14.3. The number of hydrogen-bond donors (Lipinski definition) is 3. The average molecular weight is 514 g/mol. The second-order valence-electron chi connectivity index (χ2n) is 8.33. The second kappa shape index (κ2) is 10.3. The first-order valence-corrected chi connectivity index (χ1v) is 11.5. The van der Waals surface area contributed by atoms with E-state index in [1.165, 1.54) is 10.6 Å². The van der Waals surface area contributed by atoms with Crippen molar-refractivity contribution >= 4 is 29.2 Å². The van der Waals surface area contributed by atoms with E-state index in [4.69, 9.17) is 20.0 Å². The number of hydrogen-bond acceptors (Lipinski definition) is 10. The van der Waals surface area contributed by atoms with Crippen molar-refractivity contribution in [2.45, 2.75) is 0 Å². The van der Waals surface area contributed by atoms with Crippen LogP contribution in [0.2, 0.25) is 0 Å². The minimum Gasteiger partial charge on any atom is -0.479 e. The van der Waals surface area contributed by atoms with Gasteiger partial charge in [0.15, 0.2) is 35.4 Å². The number of fused-ring (bicyclic) bond motifs is 1. The van der Waals surface area contributed by atoms with E-state index in [1.54, 1.807) is 29.4 Å². The minimum absolute atomic E-state index is 0.173. The lowest BCUT2D eigenvalue weighted by atomic mass is 10.2. The Labute approximate surface area is 209 Å². The molecule has 194 valence electrons. The summed E-state index contributed by atoms with van der Waals surface area (Å²) < 4.78 is 40.4. The van der Waals surface area contributed by atoms with Gasteiger partial charge in [0.25, 0.3) is 0 Å². The van der Waals surface area contributed by atoms with Crippen LogP contribution >= 0.6 is 0 Å². The molecule has 0 aliphatic carbocycles. The Bertz CT molecular complexity index is 1400. The van der Waals surface area contributed by atoms with Gasteiger partial charge in [0, 0.05) is 45.3 Å². The summed E-state index contributed by atoms with van der Waals surface area (Å²) in [5, 5.41) is 16.3. The molecule has 0 bridgehead atoms. The number of aromatic nitrogens is 4. The van der Waals surface area contributed by atoms with Crippen LogP contribution in [0.1, 0.15) is 0 Å². The number of carboxylic acid groups (broad SMARTS) is 1. The van der Waals surface area contributed by atoms with Crippen LogP contribution < -0.4 is 20.7 Å². The molecule has 12 nitrogen and oxygen atoms in total. The first-order chi connectivity index (χ1) is 17.9. The highest BCUT2D eigenvalue weighted by molar-refractivity contribution is 5.68. The molecule has 5 rings (SSSR count). The van der Waals surface area contributed by atoms with Gasteiger partial charge in [0.2, 0.25) is 11.9 Å². The number of aliphatic carboxylic acids is 1. The first kappa shape index (κ1) is 24.2. The van der Waals surface area contributed by atoms with Crippen molar-refractivity contribution in [2.75, 3.05) is 61.8 Å². The number of furan rings is 1. The number of carbonyl (C=O) groups is 1. The summed E-state index contributed by atoms with van der Waals surface area (Å²) in [6, 6.07) is 7.73. The number of nitrogens with two attached hydrogens (primary N) is 1. The number of nitrogens with one attached hydrogen (secondary N) is 1. The number of ether oxygens (including phenoxy) is 1. The summed E-state index contributed by atoms with van der Waals surface area (Å²) in [4.78, 5) is 23.4. The van der Waals surface area contributed by atoms with Crippen LogP contribution in [0, 0.1) is 11.6 Å². The van der Waals surface area contributed by atoms with E-state index in [0.717, 1.165) is 6.07 Å². The number of halogens is 2. The Kier molecular flexibility index (Phi) is 6.72. The van der Waals surface area contributed by atoms with Gasteiger partial charge in [-0.3, -0.25) is 4.90 Å². The van der Waals surface area contributed by atoms with Crippen LogP contribution in [0.5, 0.6) is 5.75 Å². The van der Waals surface area contributed by atoms with Crippen molar-refractivity contribution in [3.8, 4) is 17.2 Å². The predicted molar refractivity (Wildman–Crippen MR) is 130 cm³/mol. The van der Waals surface area contributed by atoms with E-state index >= 15 is 0 Å². The molecule has 0 atom stereocenters. The number of anilines is 3. The zero-order valence-electron chi connectivity index (χ0n) is 19.6. The number of benzene rings is 1. The molecule has 3 aromatic heterocycles. The van der Waals surface area contributed by atoms with Gasteiger partial charge in [-0.25, -0.2) is 13.6 Å². The third kappa shape index (κ3) is 5.23. The summed E-state index contributed by atoms with van der Waals surface area (Å²) in [5.41, 5.74) is 7.35. The highest BCUT2D eigenvalue weighted by Gasteiger charge is 2.24. The fourth-order valence-electron chi connectivity index (χ4n) is 4.10. The van der Waals surface area contributed by atoms with E-state index in [9.17, 15) is 13.6 Å². The molecule has 1 saturated heterocycles. The predicted octanol–water partition coefficient (Wildman–Crippen LogP) is 1.94. The molecule has 1 aliphatic rings. The molecule has 4 N–H and O–H groups in total. The van der Waals surface area contributed by atoms with Crippen molar-refractivity contribution in [2.24, 2.45) is 0 Å². The SMILES string of the molecule is Nc1nc(NCCN2CCN(c3ccc(F)c(OCC(=O)O)c3F)CC2)nc2cc(-c3ccco3)nn12. The van der Waals surface area contributed by atoms with Crippen molar-refractivity contribution in [3.05, 3.63) is 48.2 Å². The molecule has 14 heteroatoms. The molecule has 1 aromatic carbocycles. The first-order valence-electron chi connectivity index (χ1n) is 11.5. The molecule has 4 aromatic rings. The number of piperazine rings is 1. The maximum absolute atomic E-state index is 14.8. The van der Waals surface area contributed by atoms with Crippen LogP contribution in [0.25, 0.3) is 17.1 Å². The molecular formula is C23H24F2N8O4. The fourth-order valence-corrected chi connectivity index (χ4v) is 4.10. The number of nitrogens with zero attached hydrogens (tertiary/aromatic N) is 6. The Balaban J connectivity index is 1.15. The monoisotopic (exact) mass is 514 g/mol. The van der Waals surface area contributed by atoms with E-state index in [1.807, 2.05) is 0 Å². The molecule has 0 saturated carbocycles. The van der Waals surface area contributed by atoms with Gasteiger partial charge in [0.05, 0.1) is 12.0 Å². The standard InChI is InChI=1S/C23H24F2N8O4/c24-14-3-4-16(20(25)21(14)37-13-19(34)35)32-9-7-31(8-10-32)6-5-27-23-28-18-12-15(17-2-1-11-36-17)30-33(18)22(26)29-23/h1-4,11-12H,5-10,13H2,(H,34,35)(H3,26,27,28,29). The van der Waals surface area contributed by atoms with E-state index in [-0.39, 0.29) is 11.6 Å². The highest BCUT2D eigenvalue weighted by atomic mass is 19.1. The lowest BCUT2D eigenvalue weighted by Crippen LogP contribution is -2.48. The van der Waals surface area contributed by atoms with Crippen LogP contribution in [0.15, 0.2) is 41.0 Å². The fraction of sp³-hybridized carbons (Fsp3) is 0.304. The third-order valence-corrected chi connectivity index (χ3v) is 5.91. The Hall–Kier alpha value is -4.46. The number of carboxylic acids is 1. The van der Waals surface area contributed by atoms with Gasteiger partial charge >= 0.3 is 5.97 Å². The molecule has 0 amide bonds. The third-order valence-electron chi connectivity index (χ3n) is 5.91. The van der Waals surface area contributed by atoms with Crippen molar-refractivity contribution in [1.82, 2.24) is 24.5 Å². The van der Waals surface area contributed by atoms with Crippen molar-refractivity contribution < 1.29 is 27.8 Å². The van der Waals surface area contributed by atoms with E-state index in [0.29, 0.717) is 62.3 Å². The van der Waals surface area contributed by atoms with E-state index in [2.05, 4.69) is 25.3 Å². The van der Waals surface area contributed by atoms with Crippen LogP contribution in [0.4, 0.5) is 26.4 Å². The summed E-state index contributed by atoms with van der Waals surface area (Å²) in [5.74, 6) is -2.69. The number of nitrogen functional groups attached to an aromatic ring is 1. The van der Waals surface area contributed by atoms with Gasteiger partial charge in [-0.15, -0.1) is 0 Å². The number of rotatable bonds is 9. The van der Waals surface area contributed by atoms with Crippen LogP contribution in [0.3, 0.4) is 0 Å². The van der Waals surface area contributed by atoms with Gasteiger partial charge < -0.3 is 30.2 Å². The summed E-state index contributed by atoms with van der Waals surface area (Å²) in [7, 11) is 0. The van der Waals surface area contributed by atoms with Crippen molar-refractivity contribution in [1.29, 1.82) is 0 Å². The smallest absolute Gasteiger partial charge is 0.341 e. The second-order valence-corrected chi connectivity index (χ2v) is 8.33. The highest BCUT2D eigenvalue weighted by Crippen LogP contribution is 2.31. The summed E-state index contributed by atoms with van der Waals surface area (Å²) in [6.07, 6.45) is 1.56. The van der Waals surface area contributed by atoms with Crippen LogP contribution in [-0.4, -0.2) is 81.4 Å². The minimum atomic E-state index is -1.32. The Morgan fingerprint density at radius 1 is 1.19 bits per heavy atom. The largest absolute Gasteiger partial charge is 0.479 e. The Morgan fingerprint density at radius 3 is 2.73 bits per heavy atom. The zero-order chi connectivity index (χ0) is 25.9. The Morgan fingerprint density at radius 2 is 2.00 bits per heavy atom. The molecule has 4 heterocycles. The molecule has 1 aliphatic heterocycles. The van der Waals surface area contributed by atoms with Gasteiger partial charge in [-0.1, -0.05) is 0 Å². The molecule has 0 spiro atoms. The average Bonchev–Trinajstić information content (AvgIpc) is 3.55. The maximum atomic E-state index is 14.8. The van der Waals surface area contributed by atoms with E-state index < -0.39 is 30.0 Å². The molecule has 37 heavy (non-hydrogen) atoms. The zero-order valence-corrected chi connectivity index (χ0v) is 19.6. The quantitative estimate of drug-likeness (QED) is 0.301. The lowest BCUT2D eigenvalue weighted by molar-refractivity contribution is -0.139. The maximum Gasteiger partial charge on any atom is 0.341 e. The van der Waals surface area contributed by atoms with Gasteiger partial charge in [-0.2, -0.15) is 19.6 Å². The molecule has 0 radical (unpaired) electrons.